The molecule has 3 rings (SSSR count). The summed E-state index contributed by atoms with van der Waals surface area (Å²) < 4.78 is 15.1. The summed E-state index contributed by atoms with van der Waals surface area (Å²) in [6, 6.07) is 15.0. The fourth-order valence-electron chi connectivity index (χ4n) is 3.66. The third-order valence-corrected chi connectivity index (χ3v) is 5.12. The Hall–Kier alpha value is -3.61. The Morgan fingerprint density at radius 3 is 2.23 bits per heavy atom. The molecule has 0 bridgehead atoms. The molecule has 1 aliphatic rings. The van der Waals surface area contributed by atoms with Gasteiger partial charge in [0.05, 0.1) is 7.11 Å². The maximum atomic E-state index is 12.4. The summed E-state index contributed by atoms with van der Waals surface area (Å²) in [5.41, 5.74) is 4.42. The monoisotopic (exact) mass is 423 g/mol. The quantitative estimate of drug-likeness (QED) is 0.377. The van der Waals surface area contributed by atoms with Gasteiger partial charge in [-0.15, -0.1) is 0 Å². The molecule has 0 saturated carbocycles. The summed E-state index contributed by atoms with van der Waals surface area (Å²) in [6.07, 6.45) is 0.672. The van der Waals surface area contributed by atoms with E-state index in [2.05, 4.69) is 11.9 Å². The highest BCUT2D eigenvalue weighted by Crippen LogP contribution is 2.44. The zero-order chi connectivity index (χ0) is 22.2. The maximum absolute atomic E-state index is 12.4. The lowest BCUT2D eigenvalue weighted by atomic mass is 9.98. The van der Waals surface area contributed by atoms with Crippen molar-refractivity contribution in [2.75, 3.05) is 20.3 Å². The number of nitrogens with one attached hydrogen (secondary N) is 1. The second-order valence-corrected chi connectivity index (χ2v) is 7.06. The molecule has 0 spiro atoms. The molecule has 7 heteroatoms. The number of benzene rings is 2. The Morgan fingerprint density at radius 2 is 1.65 bits per heavy atom. The molecule has 1 amide bonds. The van der Waals surface area contributed by atoms with Gasteiger partial charge in [0.25, 0.3) is 0 Å². The van der Waals surface area contributed by atoms with Gasteiger partial charge in [-0.25, -0.2) is 9.59 Å². The standard InChI is InChI=1S/C24H25NO6/c1-3-14-30-22(26)13-12-21(23(27)29-2)25-24(28)31-15-20-18-10-6-4-8-16(18)17-9-5-7-11-19(17)20/h3-11,20-21H,1,12-15H2,2H3,(H,25,28). The summed E-state index contributed by atoms with van der Waals surface area (Å²) in [7, 11) is 1.21. The van der Waals surface area contributed by atoms with Crippen molar-refractivity contribution >= 4 is 18.0 Å². The first-order chi connectivity index (χ1) is 15.0. The van der Waals surface area contributed by atoms with Gasteiger partial charge in [0.1, 0.15) is 19.3 Å². The van der Waals surface area contributed by atoms with Crippen LogP contribution in [0.4, 0.5) is 4.79 Å². The van der Waals surface area contributed by atoms with Crippen molar-refractivity contribution in [3.63, 3.8) is 0 Å². The van der Waals surface area contributed by atoms with E-state index in [0.717, 1.165) is 22.3 Å². The molecule has 7 nitrogen and oxygen atoms in total. The predicted molar refractivity (Wildman–Crippen MR) is 114 cm³/mol. The average molecular weight is 423 g/mol. The van der Waals surface area contributed by atoms with Crippen LogP contribution in [-0.2, 0) is 23.8 Å². The zero-order valence-corrected chi connectivity index (χ0v) is 17.3. The lowest BCUT2D eigenvalue weighted by Gasteiger charge is -2.18. The molecule has 0 aliphatic heterocycles. The van der Waals surface area contributed by atoms with E-state index < -0.39 is 24.1 Å². The smallest absolute Gasteiger partial charge is 0.407 e. The number of ether oxygens (including phenoxy) is 3. The number of hydrogen-bond acceptors (Lipinski definition) is 6. The van der Waals surface area contributed by atoms with Crippen molar-refractivity contribution < 1.29 is 28.6 Å². The van der Waals surface area contributed by atoms with Crippen molar-refractivity contribution in [2.24, 2.45) is 0 Å². The van der Waals surface area contributed by atoms with Crippen molar-refractivity contribution in [1.29, 1.82) is 0 Å². The Labute approximate surface area is 181 Å². The van der Waals surface area contributed by atoms with E-state index in [0.29, 0.717) is 0 Å². The molecule has 2 aromatic carbocycles. The van der Waals surface area contributed by atoms with Crippen molar-refractivity contribution in [3.05, 3.63) is 72.3 Å². The van der Waals surface area contributed by atoms with Crippen LogP contribution in [0, 0.1) is 0 Å². The molecule has 2 aromatic rings. The fraction of sp³-hybridized carbons (Fsp3) is 0.292. The number of carbonyl (C=O) groups excluding carboxylic acids is 3. The Bertz CT molecular complexity index is 925. The highest BCUT2D eigenvalue weighted by Gasteiger charge is 2.30. The predicted octanol–water partition coefficient (Wildman–Crippen LogP) is 3.58. The molecule has 1 unspecified atom stereocenters. The van der Waals surface area contributed by atoms with Gasteiger partial charge in [0.2, 0.25) is 0 Å². The molecule has 0 fully saturated rings. The first-order valence-electron chi connectivity index (χ1n) is 10.0. The summed E-state index contributed by atoms with van der Waals surface area (Å²) >= 11 is 0. The van der Waals surface area contributed by atoms with Crippen LogP contribution in [0.2, 0.25) is 0 Å². The number of fused-ring (bicyclic) bond motifs is 3. The molecule has 0 radical (unpaired) electrons. The van der Waals surface area contributed by atoms with Gasteiger partial charge in [-0.05, 0) is 28.7 Å². The number of esters is 2. The number of carbonyl (C=O) groups is 3. The first-order valence-corrected chi connectivity index (χ1v) is 10.0. The van der Waals surface area contributed by atoms with E-state index in [9.17, 15) is 14.4 Å². The van der Waals surface area contributed by atoms with Gasteiger partial charge < -0.3 is 19.5 Å². The molecule has 1 N–H and O–H groups in total. The molecular weight excluding hydrogens is 398 g/mol. The molecule has 0 aromatic heterocycles. The minimum absolute atomic E-state index is 0.0346. The maximum Gasteiger partial charge on any atom is 0.407 e. The minimum atomic E-state index is -1.02. The molecule has 0 saturated heterocycles. The van der Waals surface area contributed by atoms with Crippen LogP contribution in [0.3, 0.4) is 0 Å². The second kappa shape index (κ2) is 10.4. The topological polar surface area (TPSA) is 90.9 Å². The molecule has 1 aliphatic carbocycles. The Balaban J connectivity index is 1.61. The fourth-order valence-corrected chi connectivity index (χ4v) is 3.66. The molecule has 162 valence electrons. The van der Waals surface area contributed by atoms with Gasteiger partial charge in [-0.3, -0.25) is 4.79 Å². The van der Waals surface area contributed by atoms with Crippen LogP contribution < -0.4 is 5.32 Å². The Morgan fingerprint density at radius 1 is 1.03 bits per heavy atom. The Kier molecular flexibility index (Phi) is 7.43. The van der Waals surface area contributed by atoms with Gasteiger partial charge in [0.15, 0.2) is 0 Å². The van der Waals surface area contributed by atoms with E-state index in [4.69, 9.17) is 14.2 Å². The summed E-state index contributed by atoms with van der Waals surface area (Å²) in [4.78, 5) is 36.1. The highest BCUT2D eigenvalue weighted by molar-refractivity contribution is 5.82. The number of hydrogen-bond donors (Lipinski definition) is 1. The lowest BCUT2D eigenvalue weighted by molar-refractivity contribution is -0.145. The molecule has 0 heterocycles. The number of amides is 1. The van der Waals surface area contributed by atoms with Crippen LogP contribution in [0.1, 0.15) is 29.9 Å². The van der Waals surface area contributed by atoms with E-state index >= 15 is 0 Å². The number of rotatable bonds is 9. The molecule has 31 heavy (non-hydrogen) atoms. The van der Waals surface area contributed by atoms with Crippen LogP contribution in [0.25, 0.3) is 11.1 Å². The highest BCUT2D eigenvalue weighted by atomic mass is 16.6. The van der Waals surface area contributed by atoms with E-state index in [1.54, 1.807) is 0 Å². The number of alkyl carbamates (subject to hydrolysis) is 1. The zero-order valence-electron chi connectivity index (χ0n) is 17.3. The third-order valence-electron chi connectivity index (χ3n) is 5.12. The summed E-state index contributed by atoms with van der Waals surface area (Å²) in [5.74, 6) is -1.25. The van der Waals surface area contributed by atoms with Crippen LogP contribution in [-0.4, -0.2) is 44.4 Å². The summed E-state index contributed by atoms with van der Waals surface area (Å²) in [5, 5.41) is 2.49. The van der Waals surface area contributed by atoms with E-state index in [-0.39, 0.29) is 32.0 Å². The van der Waals surface area contributed by atoms with Crippen molar-refractivity contribution in [3.8, 4) is 11.1 Å². The number of methoxy groups -OCH3 is 1. The normalized spacial score (nSPS) is 12.8. The molecule has 1 atom stereocenters. The van der Waals surface area contributed by atoms with Gasteiger partial charge >= 0.3 is 18.0 Å². The van der Waals surface area contributed by atoms with Gasteiger partial charge in [0, 0.05) is 12.3 Å². The largest absolute Gasteiger partial charge is 0.467 e. The SMILES string of the molecule is C=CCOC(=O)CCC(NC(=O)OCC1c2ccccc2-c2ccccc21)C(=O)OC. The third kappa shape index (κ3) is 5.31. The molecular formula is C24H25NO6. The van der Waals surface area contributed by atoms with Crippen LogP contribution >= 0.6 is 0 Å². The van der Waals surface area contributed by atoms with Crippen LogP contribution in [0.15, 0.2) is 61.2 Å². The van der Waals surface area contributed by atoms with E-state index in [1.807, 2.05) is 48.5 Å². The first kappa shape index (κ1) is 22.1. The van der Waals surface area contributed by atoms with Gasteiger partial charge in [-0.1, -0.05) is 61.2 Å². The lowest BCUT2D eigenvalue weighted by Crippen LogP contribution is -2.42. The average Bonchev–Trinajstić information content (AvgIpc) is 3.12. The van der Waals surface area contributed by atoms with Crippen molar-refractivity contribution in [1.82, 2.24) is 5.32 Å². The van der Waals surface area contributed by atoms with E-state index in [1.165, 1.54) is 13.2 Å². The van der Waals surface area contributed by atoms with Crippen LogP contribution in [0.5, 0.6) is 0 Å². The summed E-state index contributed by atoms with van der Waals surface area (Å²) in [6.45, 7) is 3.67. The minimum Gasteiger partial charge on any atom is -0.467 e. The van der Waals surface area contributed by atoms with Crippen molar-refractivity contribution in [2.45, 2.75) is 24.8 Å². The second-order valence-electron chi connectivity index (χ2n) is 7.06. The van der Waals surface area contributed by atoms with Gasteiger partial charge in [-0.2, -0.15) is 0 Å².